The Kier molecular flexibility index (Phi) is 4.91. The van der Waals surface area contributed by atoms with Gasteiger partial charge in [-0.3, -0.25) is 4.79 Å². The Bertz CT molecular complexity index is 689. The molecule has 1 aromatic heterocycles. The third-order valence-electron chi connectivity index (χ3n) is 3.70. The maximum Gasteiger partial charge on any atom is 0.204 e. The average molecular weight is 285 g/mol. The SMILES string of the molecule is CCCNCc1nn(-c2cccc(C)c2C)c(C)cc1=O. The topological polar surface area (TPSA) is 46.9 Å². The molecule has 0 unspecified atom stereocenters. The number of hydrogen-bond donors (Lipinski definition) is 1. The minimum Gasteiger partial charge on any atom is -0.311 e. The molecular weight excluding hydrogens is 262 g/mol. The van der Waals surface area contributed by atoms with E-state index in [-0.39, 0.29) is 5.43 Å². The number of rotatable bonds is 5. The van der Waals surface area contributed by atoms with Gasteiger partial charge in [-0.1, -0.05) is 19.1 Å². The highest BCUT2D eigenvalue weighted by Crippen LogP contribution is 2.17. The molecule has 0 aliphatic heterocycles. The van der Waals surface area contributed by atoms with Crippen LogP contribution in [0.5, 0.6) is 0 Å². The van der Waals surface area contributed by atoms with Crippen LogP contribution in [0.3, 0.4) is 0 Å². The van der Waals surface area contributed by atoms with Crippen molar-refractivity contribution in [3.8, 4) is 5.69 Å². The van der Waals surface area contributed by atoms with Crippen LogP contribution in [0.1, 0.15) is 35.9 Å². The molecule has 4 nitrogen and oxygen atoms in total. The lowest BCUT2D eigenvalue weighted by molar-refractivity contribution is 0.636. The van der Waals surface area contributed by atoms with Crippen LogP contribution in [-0.4, -0.2) is 16.3 Å². The third kappa shape index (κ3) is 3.39. The minimum atomic E-state index is -0.00217. The summed E-state index contributed by atoms with van der Waals surface area (Å²) in [5.41, 5.74) is 4.85. The molecule has 0 amide bonds. The highest BCUT2D eigenvalue weighted by molar-refractivity contribution is 5.44. The number of aromatic nitrogens is 2. The molecule has 0 saturated heterocycles. The van der Waals surface area contributed by atoms with Crippen molar-refractivity contribution in [3.63, 3.8) is 0 Å². The van der Waals surface area contributed by atoms with Crippen molar-refractivity contribution in [1.29, 1.82) is 0 Å². The molecule has 0 fully saturated rings. The maximum atomic E-state index is 12.1. The summed E-state index contributed by atoms with van der Waals surface area (Å²) in [6.07, 6.45) is 1.04. The molecule has 0 bridgehead atoms. The zero-order valence-electron chi connectivity index (χ0n) is 13.2. The fourth-order valence-corrected chi connectivity index (χ4v) is 2.30. The van der Waals surface area contributed by atoms with Crippen molar-refractivity contribution in [2.24, 2.45) is 0 Å². The molecule has 1 aromatic carbocycles. The molecule has 0 saturated carbocycles. The second-order valence-electron chi connectivity index (χ2n) is 5.40. The van der Waals surface area contributed by atoms with Gasteiger partial charge in [-0.15, -0.1) is 0 Å². The van der Waals surface area contributed by atoms with Crippen molar-refractivity contribution in [2.75, 3.05) is 6.54 Å². The number of benzene rings is 1. The second kappa shape index (κ2) is 6.68. The molecule has 1 heterocycles. The van der Waals surface area contributed by atoms with E-state index >= 15 is 0 Å². The summed E-state index contributed by atoms with van der Waals surface area (Å²) in [4.78, 5) is 12.1. The summed E-state index contributed by atoms with van der Waals surface area (Å²) in [6.45, 7) is 9.58. The van der Waals surface area contributed by atoms with Gasteiger partial charge < -0.3 is 5.32 Å². The molecule has 2 rings (SSSR count). The lowest BCUT2D eigenvalue weighted by Gasteiger charge is -2.15. The van der Waals surface area contributed by atoms with Crippen molar-refractivity contribution < 1.29 is 0 Å². The van der Waals surface area contributed by atoms with E-state index in [4.69, 9.17) is 0 Å². The number of nitrogens with zero attached hydrogens (tertiary/aromatic N) is 2. The molecule has 0 atom stereocenters. The van der Waals surface area contributed by atoms with Gasteiger partial charge in [0.05, 0.1) is 5.69 Å². The zero-order chi connectivity index (χ0) is 15.4. The summed E-state index contributed by atoms with van der Waals surface area (Å²) < 4.78 is 1.87. The van der Waals surface area contributed by atoms with Crippen LogP contribution in [0.25, 0.3) is 5.69 Å². The standard InChI is InChI=1S/C17H23N3O/c1-5-9-18-11-15-17(21)10-13(3)20(19-15)16-8-6-7-12(2)14(16)4/h6-8,10,18H,5,9,11H2,1-4H3. The molecule has 21 heavy (non-hydrogen) atoms. The first-order valence-corrected chi connectivity index (χ1v) is 7.41. The van der Waals surface area contributed by atoms with Gasteiger partial charge in [-0.25, -0.2) is 4.68 Å². The summed E-state index contributed by atoms with van der Waals surface area (Å²) in [5, 5.41) is 7.80. The van der Waals surface area contributed by atoms with E-state index in [0.717, 1.165) is 24.3 Å². The van der Waals surface area contributed by atoms with Gasteiger partial charge in [-0.05, 0) is 50.9 Å². The molecule has 4 heteroatoms. The highest BCUT2D eigenvalue weighted by atomic mass is 16.1. The van der Waals surface area contributed by atoms with Gasteiger partial charge in [0.25, 0.3) is 0 Å². The Labute approximate surface area is 125 Å². The van der Waals surface area contributed by atoms with E-state index in [2.05, 4.69) is 37.3 Å². The molecular formula is C17H23N3O. The van der Waals surface area contributed by atoms with Crippen LogP contribution in [0, 0.1) is 20.8 Å². The molecule has 2 aromatic rings. The van der Waals surface area contributed by atoms with E-state index in [1.54, 1.807) is 6.07 Å². The molecule has 112 valence electrons. The van der Waals surface area contributed by atoms with Gasteiger partial charge >= 0.3 is 0 Å². The van der Waals surface area contributed by atoms with Gasteiger partial charge in [0.15, 0.2) is 0 Å². The molecule has 1 N–H and O–H groups in total. The monoisotopic (exact) mass is 285 g/mol. The van der Waals surface area contributed by atoms with Crippen molar-refractivity contribution in [1.82, 2.24) is 15.1 Å². The van der Waals surface area contributed by atoms with Crippen molar-refractivity contribution in [2.45, 2.75) is 40.7 Å². The summed E-state index contributed by atoms with van der Waals surface area (Å²) in [7, 11) is 0. The smallest absolute Gasteiger partial charge is 0.204 e. The molecule has 0 spiro atoms. The normalized spacial score (nSPS) is 10.9. The minimum absolute atomic E-state index is 0.00217. The van der Waals surface area contributed by atoms with Gasteiger partial charge in [0.2, 0.25) is 5.43 Å². The van der Waals surface area contributed by atoms with E-state index in [9.17, 15) is 4.79 Å². The first-order chi connectivity index (χ1) is 10.0. The Balaban J connectivity index is 2.46. The third-order valence-corrected chi connectivity index (χ3v) is 3.70. The van der Waals surface area contributed by atoms with Crippen molar-refractivity contribution in [3.05, 3.63) is 57.0 Å². The number of nitrogens with one attached hydrogen (secondary N) is 1. The Hall–Kier alpha value is -1.94. The second-order valence-corrected chi connectivity index (χ2v) is 5.40. The summed E-state index contributed by atoms with van der Waals surface area (Å²) in [6, 6.07) is 7.81. The quantitative estimate of drug-likeness (QED) is 0.859. The maximum absolute atomic E-state index is 12.1. The Morgan fingerprint density at radius 3 is 2.71 bits per heavy atom. The lowest BCUT2D eigenvalue weighted by atomic mass is 10.1. The van der Waals surface area contributed by atoms with Crippen molar-refractivity contribution >= 4 is 0 Å². The van der Waals surface area contributed by atoms with Crippen LogP contribution in [0.4, 0.5) is 0 Å². The van der Waals surface area contributed by atoms with Crippen LogP contribution in [-0.2, 0) is 6.54 Å². The lowest BCUT2D eigenvalue weighted by Crippen LogP contribution is -2.25. The van der Waals surface area contributed by atoms with E-state index in [0.29, 0.717) is 12.2 Å². The Morgan fingerprint density at radius 2 is 2.00 bits per heavy atom. The fraction of sp³-hybridized carbons (Fsp3) is 0.412. The largest absolute Gasteiger partial charge is 0.311 e. The summed E-state index contributed by atoms with van der Waals surface area (Å²) in [5.74, 6) is 0. The van der Waals surface area contributed by atoms with Gasteiger partial charge in [0, 0.05) is 18.3 Å². The van der Waals surface area contributed by atoms with E-state index in [1.807, 2.05) is 23.7 Å². The van der Waals surface area contributed by atoms with Crippen LogP contribution >= 0.6 is 0 Å². The number of hydrogen-bond acceptors (Lipinski definition) is 3. The van der Waals surface area contributed by atoms with Crippen LogP contribution < -0.4 is 10.7 Å². The van der Waals surface area contributed by atoms with E-state index in [1.165, 1.54) is 11.1 Å². The van der Waals surface area contributed by atoms with Crippen LogP contribution in [0.2, 0.25) is 0 Å². The Morgan fingerprint density at radius 1 is 1.24 bits per heavy atom. The highest BCUT2D eigenvalue weighted by Gasteiger charge is 2.10. The number of aryl methyl sites for hydroxylation is 2. The van der Waals surface area contributed by atoms with Gasteiger partial charge in [-0.2, -0.15) is 5.10 Å². The molecule has 0 aliphatic rings. The molecule has 0 aliphatic carbocycles. The first kappa shape index (κ1) is 15.4. The summed E-state index contributed by atoms with van der Waals surface area (Å²) >= 11 is 0. The zero-order valence-corrected chi connectivity index (χ0v) is 13.2. The predicted octanol–water partition coefficient (Wildman–Crippen LogP) is 2.66. The van der Waals surface area contributed by atoms with E-state index < -0.39 is 0 Å². The average Bonchev–Trinajstić information content (AvgIpc) is 2.45. The fourth-order valence-electron chi connectivity index (χ4n) is 2.30. The van der Waals surface area contributed by atoms with Crippen LogP contribution in [0.15, 0.2) is 29.1 Å². The van der Waals surface area contributed by atoms with Gasteiger partial charge in [0.1, 0.15) is 5.69 Å². The first-order valence-electron chi connectivity index (χ1n) is 7.41. The predicted molar refractivity (Wildman–Crippen MR) is 86.0 cm³/mol. The molecule has 0 radical (unpaired) electrons.